The lowest BCUT2D eigenvalue weighted by Crippen LogP contribution is -2.04. The molecule has 1 N–H and O–H groups in total. The Balaban J connectivity index is 1.89. The Morgan fingerprint density at radius 1 is 1.18 bits per heavy atom. The standard InChI is InChI=1S/C18H16Cl2N4O3S/c1-25-16-11(8-13(19)17(26-2)15(16)20)9-21-24-14(22-23-18(24)28)10-27-12-6-4-3-5-7-12/h3-9H,10H2,1-2H3,(H,23,28)/b21-9-. The predicted molar refractivity (Wildman–Crippen MR) is 111 cm³/mol. The summed E-state index contributed by atoms with van der Waals surface area (Å²) >= 11 is 17.8. The highest BCUT2D eigenvalue weighted by Gasteiger charge is 2.17. The molecule has 0 unspecified atom stereocenters. The van der Waals surface area contributed by atoms with Crippen molar-refractivity contribution in [3.05, 3.63) is 62.6 Å². The first-order valence-corrected chi connectivity index (χ1v) is 9.20. The van der Waals surface area contributed by atoms with Crippen LogP contribution in [0.1, 0.15) is 11.4 Å². The van der Waals surface area contributed by atoms with E-state index in [-0.39, 0.29) is 11.6 Å². The third-order valence-corrected chi connectivity index (χ3v) is 4.60. The van der Waals surface area contributed by atoms with E-state index in [1.54, 1.807) is 6.07 Å². The number of aromatic nitrogens is 3. The second kappa shape index (κ2) is 9.09. The second-order valence-corrected chi connectivity index (χ2v) is 6.60. The van der Waals surface area contributed by atoms with Crippen LogP contribution in [0.15, 0.2) is 41.5 Å². The van der Waals surface area contributed by atoms with Gasteiger partial charge in [0, 0.05) is 5.56 Å². The molecule has 0 bridgehead atoms. The number of benzene rings is 2. The minimum atomic E-state index is 0.176. The molecule has 1 heterocycles. The Bertz CT molecular complexity index is 1050. The van der Waals surface area contributed by atoms with Gasteiger partial charge in [-0.2, -0.15) is 14.9 Å². The van der Waals surface area contributed by atoms with Crippen molar-refractivity contribution in [2.75, 3.05) is 14.2 Å². The summed E-state index contributed by atoms with van der Waals surface area (Å²) in [6.07, 6.45) is 1.52. The van der Waals surface area contributed by atoms with Crippen LogP contribution in [0.2, 0.25) is 10.0 Å². The van der Waals surface area contributed by atoms with Gasteiger partial charge in [0.2, 0.25) is 4.77 Å². The molecule has 0 saturated carbocycles. The molecule has 0 saturated heterocycles. The van der Waals surface area contributed by atoms with Gasteiger partial charge in [-0.05, 0) is 30.4 Å². The zero-order valence-corrected chi connectivity index (χ0v) is 17.3. The molecule has 0 aliphatic rings. The summed E-state index contributed by atoms with van der Waals surface area (Å²) < 4.78 is 18.0. The molecule has 2 aromatic carbocycles. The number of ether oxygens (including phenoxy) is 3. The molecule has 0 amide bonds. The van der Waals surface area contributed by atoms with Crippen molar-refractivity contribution in [2.24, 2.45) is 5.10 Å². The van der Waals surface area contributed by atoms with Crippen molar-refractivity contribution in [2.45, 2.75) is 6.61 Å². The molecule has 0 radical (unpaired) electrons. The van der Waals surface area contributed by atoms with E-state index < -0.39 is 0 Å². The van der Waals surface area contributed by atoms with Gasteiger partial charge >= 0.3 is 0 Å². The lowest BCUT2D eigenvalue weighted by Gasteiger charge is -2.12. The summed E-state index contributed by atoms with van der Waals surface area (Å²) in [5.74, 6) is 1.91. The quantitative estimate of drug-likeness (QED) is 0.426. The van der Waals surface area contributed by atoms with Gasteiger partial charge in [0.25, 0.3) is 0 Å². The molecule has 3 rings (SSSR count). The Morgan fingerprint density at radius 2 is 1.89 bits per heavy atom. The molecular formula is C18H16Cl2N4O3S. The molecule has 0 fully saturated rings. The first-order chi connectivity index (χ1) is 13.5. The van der Waals surface area contributed by atoms with Crippen LogP contribution in [0, 0.1) is 4.77 Å². The van der Waals surface area contributed by atoms with E-state index in [1.807, 2.05) is 30.3 Å². The maximum Gasteiger partial charge on any atom is 0.216 e. The van der Waals surface area contributed by atoms with E-state index in [2.05, 4.69) is 15.3 Å². The maximum atomic E-state index is 6.30. The summed E-state index contributed by atoms with van der Waals surface area (Å²) in [5.41, 5.74) is 0.552. The molecule has 1 aromatic heterocycles. The van der Waals surface area contributed by atoms with Crippen LogP contribution < -0.4 is 14.2 Å². The molecule has 0 atom stereocenters. The molecule has 28 heavy (non-hydrogen) atoms. The Morgan fingerprint density at radius 3 is 2.57 bits per heavy atom. The summed E-state index contributed by atoms with van der Waals surface area (Å²) in [6, 6.07) is 11.0. The molecule has 0 aliphatic carbocycles. The Kier molecular flexibility index (Phi) is 6.56. The van der Waals surface area contributed by atoms with Crippen molar-refractivity contribution in [1.29, 1.82) is 0 Å². The average molecular weight is 439 g/mol. The number of nitrogens with zero attached hydrogens (tertiary/aromatic N) is 3. The highest BCUT2D eigenvalue weighted by Crippen LogP contribution is 2.41. The molecule has 0 aliphatic heterocycles. The zero-order valence-electron chi connectivity index (χ0n) is 15.0. The molecule has 0 spiro atoms. The molecule has 3 aromatic rings. The van der Waals surface area contributed by atoms with Crippen molar-refractivity contribution >= 4 is 41.6 Å². The van der Waals surface area contributed by atoms with Crippen LogP contribution in [0.25, 0.3) is 0 Å². The van der Waals surface area contributed by atoms with Gasteiger partial charge in [0.15, 0.2) is 11.6 Å². The SMILES string of the molecule is COc1c(Cl)cc(/C=N\n2c(COc3ccccc3)n[nH]c2=S)c(OC)c1Cl. The summed E-state index contributed by atoms with van der Waals surface area (Å²) in [6.45, 7) is 0.176. The monoisotopic (exact) mass is 438 g/mol. The molecule has 146 valence electrons. The maximum absolute atomic E-state index is 6.30. The van der Waals surface area contributed by atoms with E-state index in [0.29, 0.717) is 38.4 Å². The van der Waals surface area contributed by atoms with Gasteiger partial charge in [-0.25, -0.2) is 5.10 Å². The minimum absolute atomic E-state index is 0.176. The zero-order chi connectivity index (χ0) is 20.1. The fourth-order valence-electron chi connectivity index (χ4n) is 2.41. The topological polar surface area (TPSA) is 73.7 Å². The van der Waals surface area contributed by atoms with Gasteiger partial charge in [-0.15, -0.1) is 0 Å². The number of hydrogen-bond donors (Lipinski definition) is 1. The van der Waals surface area contributed by atoms with Crippen molar-refractivity contribution in [3.8, 4) is 17.2 Å². The summed E-state index contributed by atoms with van der Waals surface area (Å²) in [7, 11) is 2.97. The normalized spacial score (nSPS) is 11.0. The van der Waals surface area contributed by atoms with E-state index in [9.17, 15) is 0 Å². The number of nitrogens with one attached hydrogen (secondary N) is 1. The van der Waals surface area contributed by atoms with Crippen molar-refractivity contribution in [1.82, 2.24) is 14.9 Å². The number of hydrogen-bond acceptors (Lipinski definition) is 6. The summed E-state index contributed by atoms with van der Waals surface area (Å²) in [4.78, 5) is 0. The van der Waals surface area contributed by atoms with Gasteiger partial charge in [-0.1, -0.05) is 41.4 Å². The van der Waals surface area contributed by atoms with Crippen LogP contribution in [0.3, 0.4) is 0 Å². The fourth-order valence-corrected chi connectivity index (χ4v) is 3.32. The van der Waals surface area contributed by atoms with Gasteiger partial charge in [0.1, 0.15) is 23.1 Å². The largest absolute Gasteiger partial charge is 0.494 e. The molecule has 10 heteroatoms. The van der Waals surface area contributed by atoms with E-state index in [4.69, 9.17) is 49.6 Å². The molecular weight excluding hydrogens is 423 g/mol. The highest BCUT2D eigenvalue weighted by atomic mass is 35.5. The highest BCUT2D eigenvalue weighted by molar-refractivity contribution is 7.71. The number of H-pyrrole nitrogens is 1. The number of aromatic amines is 1. The van der Waals surface area contributed by atoms with E-state index in [1.165, 1.54) is 25.1 Å². The fraction of sp³-hybridized carbons (Fsp3) is 0.167. The lowest BCUT2D eigenvalue weighted by molar-refractivity contribution is 0.290. The van der Waals surface area contributed by atoms with Crippen LogP contribution in [0.4, 0.5) is 0 Å². The minimum Gasteiger partial charge on any atom is -0.494 e. The van der Waals surface area contributed by atoms with Gasteiger partial charge < -0.3 is 14.2 Å². The Labute approximate surface area is 176 Å². The van der Waals surface area contributed by atoms with Crippen LogP contribution in [-0.2, 0) is 6.61 Å². The van der Waals surface area contributed by atoms with Gasteiger partial charge in [0.05, 0.1) is 25.5 Å². The van der Waals surface area contributed by atoms with Crippen molar-refractivity contribution in [3.63, 3.8) is 0 Å². The van der Waals surface area contributed by atoms with Crippen LogP contribution in [-0.4, -0.2) is 35.3 Å². The number of halogens is 2. The predicted octanol–water partition coefficient (Wildman–Crippen LogP) is 4.73. The summed E-state index contributed by atoms with van der Waals surface area (Å²) in [5, 5.41) is 11.8. The molecule has 7 nitrogen and oxygen atoms in total. The lowest BCUT2D eigenvalue weighted by atomic mass is 10.2. The third kappa shape index (κ3) is 4.30. The van der Waals surface area contributed by atoms with Crippen molar-refractivity contribution < 1.29 is 14.2 Å². The van der Waals surface area contributed by atoms with Crippen LogP contribution >= 0.6 is 35.4 Å². The smallest absolute Gasteiger partial charge is 0.216 e. The first-order valence-electron chi connectivity index (χ1n) is 8.03. The average Bonchev–Trinajstić information content (AvgIpc) is 3.05. The van der Waals surface area contributed by atoms with Gasteiger partial charge in [-0.3, -0.25) is 0 Å². The number of methoxy groups -OCH3 is 2. The first kappa shape index (κ1) is 20.2. The Hall–Kier alpha value is -2.55. The number of rotatable bonds is 7. The second-order valence-electron chi connectivity index (χ2n) is 5.43. The van der Waals surface area contributed by atoms with E-state index >= 15 is 0 Å². The van der Waals surface area contributed by atoms with Crippen LogP contribution in [0.5, 0.6) is 17.2 Å². The van der Waals surface area contributed by atoms with E-state index in [0.717, 1.165) is 0 Å². The number of para-hydroxylation sites is 1. The third-order valence-electron chi connectivity index (χ3n) is 3.71.